The van der Waals surface area contributed by atoms with Gasteiger partial charge in [0.25, 0.3) is 0 Å². The van der Waals surface area contributed by atoms with Crippen LogP contribution in [0.2, 0.25) is 0 Å². The number of carbonyl (C=O) groups is 1. The standard InChI is InChI=1S/C10H14N2O.2C2H6/c1-7-3-5-8(6-4-7)9(12-2)10(11)13;2*1-2/h3-6,9,12H,1-2H3,(H2,11,13);2*1-2H3. The molecule has 0 aliphatic carbocycles. The molecule has 1 rings (SSSR count). The van der Waals surface area contributed by atoms with Crippen LogP contribution in [0.5, 0.6) is 0 Å². The summed E-state index contributed by atoms with van der Waals surface area (Å²) in [5.41, 5.74) is 7.29. The summed E-state index contributed by atoms with van der Waals surface area (Å²) >= 11 is 0. The highest BCUT2D eigenvalue weighted by molar-refractivity contribution is 5.81. The molecule has 0 saturated heterocycles. The molecule has 1 aromatic carbocycles. The predicted molar refractivity (Wildman–Crippen MR) is 74.9 cm³/mol. The van der Waals surface area contributed by atoms with Crippen molar-refractivity contribution < 1.29 is 4.79 Å². The lowest BCUT2D eigenvalue weighted by molar-refractivity contribution is -0.120. The molecule has 0 saturated carbocycles. The summed E-state index contributed by atoms with van der Waals surface area (Å²) < 4.78 is 0. The van der Waals surface area contributed by atoms with E-state index in [-0.39, 0.29) is 11.9 Å². The van der Waals surface area contributed by atoms with Crippen LogP contribution in [-0.4, -0.2) is 13.0 Å². The second kappa shape index (κ2) is 11.1. The molecule has 3 heteroatoms. The third kappa shape index (κ3) is 6.74. The Morgan fingerprint density at radius 2 is 1.53 bits per heavy atom. The van der Waals surface area contributed by atoms with Crippen molar-refractivity contribution in [2.45, 2.75) is 40.7 Å². The zero-order chi connectivity index (χ0) is 13.8. The molecule has 0 aromatic heterocycles. The van der Waals surface area contributed by atoms with E-state index in [4.69, 9.17) is 5.73 Å². The number of nitrogens with two attached hydrogens (primary N) is 1. The van der Waals surface area contributed by atoms with Gasteiger partial charge in [0.2, 0.25) is 5.91 Å². The molecule has 3 nitrogen and oxygen atoms in total. The number of amides is 1. The highest BCUT2D eigenvalue weighted by Crippen LogP contribution is 2.12. The van der Waals surface area contributed by atoms with Crippen LogP contribution in [0.3, 0.4) is 0 Å². The van der Waals surface area contributed by atoms with E-state index >= 15 is 0 Å². The molecule has 0 aliphatic rings. The maximum atomic E-state index is 11.0. The van der Waals surface area contributed by atoms with Crippen LogP contribution in [0.15, 0.2) is 24.3 Å². The van der Waals surface area contributed by atoms with E-state index in [9.17, 15) is 4.79 Å². The summed E-state index contributed by atoms with van der Waals surface area (Å²) in [5, 5.41) is 2.86. The first-order valence-electron chi connectivity index (χ1n) is 6.18. The van der Waals surface area contributed by atoms with Crippen LogP contribution < -0.4 is 11.1 Å². The van der Waals surface area contributed by atoms with E-state index in [2.05, 4.69) is 5.32 Å². The van der Waals surface area contributed by atoms with Gasteiger partial charge >= 0.3 is 0 Å². The number of hydrogen-bond donors (Lipinski definition) is 2. The average Bonchev–Trinajstić information content (AvgIpc) is 2.37. The summed E-state index contributed by atoms with van der Waals surface area (Å²) in [6.45, 7) is 10.0. The van der Waals surface area contributed by atoms with Gasteiger partial charge in [-0.2, -0.15) is 0 Å². The number of nitrogens with one attached hydrogen (secondary N) is 1. The average molecular weight is 238 g/mol. The lowest BCUT2D eigenvalue weighted by Gasteiger charge is -2.12. The zero-order valence-corrected chi connectivity index (χ0v) is 11.9. The molecule has 0 bridgehead atoms. The van der Waals surface area contributed by atoms with Crippen LogP contribution >= 0.6 is 0 Å². The summed E-state index contributed by atoms with van der Waals surface area (Å²) in [7, 11) is 1.72. The van der Waals surface area contributed by atoms with Gasteiger partial charge in [0.05, 0.1) is 0 Å². The molecule has 1 amide bonds. The molecule has 1 aromatic rings. The molecular weight excluding hydrogens is 212 g/mol. The van der Waals surface area contributed by atoms with Crippen LogP contribution in [0.25, 0.3) is 0 Å². The van der Waals surface area contributed by atoms with Crippen LogP contribution in [0.4, 0.5) is 0 Å². The largest absolute Gasteiger partial charge is 0.368 e. The van der Waals surface area contributed by atoms with Gasteiger partial charge < -0.3 is 11.1 Å². The van der Waals surface area contributed by atoms with Crippen molar-refractivity contribution in [2.75, 3.05) is 7.05 Å². The van der Waals surface area contributed by atoms with Gasteiger partial charge in [0, 0.05) is 0 Å². The first kappa shape index (κ1) is 18.0. The Balaban J connectivity index is 0. The second-order valence-corrected chi connectivity index (χ2v) is 3.03. The van der Waals surface area contributed by atoms with Crippen LogP contribution in [0, 0.1) is 6.92 Å². The van der Waals surface area contributed by atoms with E-state index in [0.717, 1.165) is 5.56 Å². The maximum Gasteiger partial charge on any atom is 0.239 e. The van der Waals surface area contributed by atoms with Crippen molar-refractivity contribution in [2.24, 2.45) is 5.73 Å². The topological polar surface area (TPSA) is 55.1 Å². The smallest absolute Gasteiger partial charge is 0.239 e. The first-order chi connectivity index (χ1) is 8.15. The summed E-state index contributed by atoms with van der Waals surface area (Å²) in [5.74, 6) is -0.355. The van der Waals surface area contributed by atoms with E-state index in [1.807, 2.05) is 58.9 Å². The fraction of sp³-hybridized carbons (Fsp3) is 0.500. The van der Waals surface area contributed by atoms with Crippen molar-refractivity contribution in [1.82, 2.24) is 5.32 Å². The van der Waals surface area contributed by atoms with Crippen molar-refractivity contribution in [3.8, 4) is 0 Å². The lowest BCUT2D eigenvalue weighted by atomic mass is 10.1. The van der Waals surface area contributed by atoms with Crippen LogP contribution in [-0.2, 0) is 4.79 Å². The molecule has 0 spiro atoms. The highest BCUT2D eigenvalue weighted by Gasteiger charge is 2.13. The summed E-state index contributed by atoms with van der Waals surface area (Å²) in [6, 6.07) is 7.34. The fourth-order valence-electron chi connectivity index (χ4n) is 1.23. The van der Waals surface area contributed by atoms with Crippen molar-refractivity contribution in [3.63, 3.8) is 0 Å². The van der Waals surface area contributed by atoms with Gasteiger partial charge in [-0.1, -0.05) is 57.5 Å². The lowest BCUT2D eigenvalue weighted by Crippen LogP contribution is -2.31. The van der Waals surface area contributed by atoms with Crippen molar-refractivity contribution >= 4 is 5.91 Å². The van der Waals surface area contributed by atoms with Gasteiger partial charge in [-0.05, 0) is 19.5 Å². The van der Waals surface area contributed by atoms with Gasteiger partial charge in [-0.25, -0.2) is 0 Å². The molecule has 0 fully saturated rings. The Morgan fingerprint density at radius 1 is 1.12 bits per heavy atom. The number of benzene rings is 1. The zero-order valence-electron chi connectivity index (χ0n) is 11.9. The van der Waals surface area contributed by atoms with Gasteiger partial charge in [-0.3, -0.25) is 4.79 Å². The number of hydrogen-bond acceptors (Lipinski definition) is 2. The SMILES string of the molecule is CC.CC.CNC(C(N)=O)c1ccc(C)cc1. The fourth-order valence-corrected chi connectivity index (χ4v) is 1.23. The second-order valence-electron chi connectivity index (χ2n) is 3.03. The molecule has 1 atom stereocenters. The van der Waals surface area contributed by atoms with E-state index in [0.29, 0.717) is 0 Å². The van der Waals surface area contributed by atoms with E-state index < -0.39 is 0 Å². The highest BCUT2D eigenvalue weighted by atomic mass is 16.1. The predicted octanol–water partition coefficient (Wildman–Crippen LogP) is 2.79. The molecule has 0 radical (unpaired) electrons. The Labute approximate surface area is 105 Å². The quantitative estimate of drug-likeness (QED) is 0.850. The Hall–Kier alpha value is -1.35. The monoisotopic (exact) mass is 238 g/mol. The Bertz CT molecular complexity index is 294. The number of rotatable bonds is 3. The maximum absolute atomic E-state index is 11.0. The van der Waals surface area contributed by atoms with Crippen LogP contribution in [0.1, 0.15) is 44.9 Å². The molecule has 0 aliphatic heterocycles. The minimum atomic E-state index is -0.388. The molecular formula is C14H26N2O. The summed E-state index contributed by atoms with van der Waals surface area (Å²) in [4.78, 5) is 11.0. The molecule has 0 heterocycles. The first-order valence-corrected chi connectivity index (χ1v) is 6.18. The molecule has 98 valence electrons. The molecule has 3 N–H and O–H groups in total. The number of carbonyl (C=O) groups excluding carboxylic acids is 1. The van der Waals surface area contributed by atoms with Crippen molar-refractivity contribution in [1.29, 1.82) is 0 Å². The van der Waals surface area contributed by atoms with Gasteiger partial charge in [0.1, 0.15) is 6.04 Å². The van der Waals surface area contributed by atoms with Gasteiger partial charge in [-0.15, -0.1) is 0 Å². The Morgan fingerprint density at radius 3 is 1.82 bits per heavy atom. The Kier molecular flexibility index (Phi) is 11.8. The minimum absolute atomic E-state index is 0.355. The molecule has 17 heavy (non-hydrogen) atoms. The third-order valence-corrected chi connectivity index (χ3v) is 1.98. The minimum Gasteiger partial charge on any atom is -0.368 e. The third-order valence-electron chi connectivity index (χ3n) is 1.98. The van der Waals surface area contributed by atoms with Crippen molar-refractivity contribution in [3.05, 3.63) is 35.4 Å². The van der Waals surface area contributed by atoms with E-state index in [1.54, 1.807) is 7.05 Å². The number of likely N-dealkylation sites (N-methyl/N-ethyl adjacent to an activating group) is 1. The number of aryl methyl sites for hydroxylation is 1. The normalized spacial score (nSPS) is 10.2. The summed E-state index contributed by atoms with van der Waals surface area (Å²) in [6.07, 6.45) is 0. The number of primary amides is 1. The van der Waals surface area contributed by atoms with Gasteiger partial charge in [0.15, 0.2) is 0 Å². The molecule has 1 unspecified atom stereocenters. The van der Waals surface area contributed by atoms with E-state index in [1.165, 1.54) is 5.56 Å².